The lowest BCUT2D eigenvalue weighted by atomic mass is 9.98. The highest BCUT2D eigenvalue weighted by Crippen LogP contribution is 2.36. The molecule has 0 atom stereocenters. The molecule has 0 unspecified atom stereocenters. The summed E-state index contributed by atoms with van der Waals surface area (Å²) in [5.74, 6) is 0. The van der Waals surface area contributed by atoms with Gasteiger partial charge in [0.25, 0.3) is 0 Å². The summed E-state index contributed by atoms with van der Waals surface area (Å²) >= 11 is 0. The average Bonchev–Trinajstić information content (AvgIpc) is 3.09. The Morgan fingerprint density at radius 3 is 2.50 bits per heavy atom. The first-order chi connectivity index (χ1) is 13.6. The molecule has 3 heteroatoms. The average molecular weight is 365 g/mol. The number of fused-ring (bicyclic) bond motifs is 1. The van der Waals surface area contributed by atoms with E-state index in [2.05, 4.69) is 54.1 Å². The molecular formula is C25H23N3. The summed E-state index contributed by atoms with van der Waals surface area (Å²) in [5.41, 5.74) is 14.4. The highest BCUT2D eigenvalue weighted by Gasteiger charge is 2.15. The van der Waals surface area contributed by atoms with E-state index >= 15 is 0 Å². The molecule has 0 aliphatic rings. The van der Waals surface area contributed by atoms with E-state index in [1.807, 2.05) is 37.3 Å². The Labute approximate surface area is 165 Å². The van der Waals surface area contributed by atoms with Crippen LogP contribution in [-0.2, 0) is 6.42 Å². The third-order valence-electron chi connectivity index (χ3n) is 5.35. The zero-order chi connectivity index (χ0) is 19.7. The number of nitrogen functional groups attached to an aromatic ring is 1. The van der Waals surface area contributed by atoms with Gasteiger partial charge in [0.05, 0.1) is 17.1 Å². The molecule has 28 heavy (non-hydrogen) atoms. The minimum Gasteiger partial charge on any atom is -0.398 e. The monoisotopic (exact) mass is 365 g/mol. The van der Waals surface area contributed by atoms with Gasteiger partial charge in [0.15, 0.2) is 0 Å². The number of nitrogens with zero attached hydrogens (tertiary/aromatic N) is 2. The predicted octanol–water partition coefficient (Wildman–Crippen LogP) is 6.01. The van der Waals surface area contributed by atoms with Crippen LogP contribution in [0.4, 0.5) is 5.69 Å². The van der Waals surface area contributed by atoms with Crippen LogP contribution in [0.2, 0.25) is 0 Å². The molecule has 2 N–H and O–H groups in total. The number of aromatic nitrogens is 1. The quantitative estimate of drug-likeness (QED) is 0.450. The second-order valence-corrected chi connectivity index (χ2v) is 7.19. The van der Waals surface area contributed by atoms with Crippen molar-refractivity contribution in [3.05, 3.63) is 83.6 Å². The Morgan fingerprint density at radius 1 is 1.00 bits per heavy atom. The smallest absolute Gasteiger partial charge is 0.0991 e. The number of nitriles is 1. The SMILES string of the molecule is CCCc1ccc(-n2cc(-c3cccc(N)c3C)c3cc(C#N)ccc32)cc1. The van der Waals surface area contributed by atoms with E-state index in [0.717, 1.165) is 51.8 Å². The van der Waals surface area contributed by atoms with Crippen LogP contribution in [0.1, 0.15) is 30.0 Å². The number of aryl methyl sites for hydroxylation is 1. The van der Waals surface area contributed by atoms with Crippen molar-refractivity contribution in [2.24, 2.45) is 0 Å². The molecule has 4 rings (SSSR count). The molecule has 0 fully saturated rings. The fourth-order valence-corrected chi connectivity index (χ4v) is 3.79. The first-order valence-electron chi connectivity index (χ1n) is 9.62. The van der Waals surface area contributed by atoms with E-state index in [1.54, 1.807) is 0 Å². The minimum atomic E-state index is 0.659. The Kier molecular flexibility index (Phi) is 4.63. The Hall–Kier alpha value is -3.51. The molecule has 0 spiro atoms. The molecule has 0 aliphatic carbocycles. The lowest BCUT2D eigenvalue weighted by Gasteiger charge is -2.07. The summed E-state index contributed by atoms with van der Waals surface area (Å²) in [6.45, 7) is 4.24. The van der Waals surface area contributed by atoms with Crippen LogP contribution in [0.25, 0.3) is 27.7 Å². The van der Waals surface area contributed by atoms with Crippen molar-refractivity contribution >= 4 is 16.6 Å². The van der Waals surface area contributed by atoms with E-state index in [9.17, 15) is 5.26 Å². The van der Waals surface area contributed by atoms with Crippen molar-refractivity contribution in [3.8, 4) is 22.9 Å². The van der Waals surface area contributed by atoms with Crippen molar-refractivity contribution in [1.29, 1.82) is 5.26 Å². The summed E-state index contributed by atoms with van der Waals surface area (Å²) in [6.07, 6.45) is 4.38. The third kappa shape index (κ3) is 3.04. The number of anilines is 1. The van der Waals surface area contributed by atoms with Gasteiger partial charge in [-0.15, -0.1) is 0 Å². The zero-order valence-corrected chi connectivity index (χ0v) is 16.2. The van der Waals surface area contributed by atoms with Crippen LogP contribution in [0.5, 0.6) is 0 Å². The maximum atomic E-state index is 9.39. The lowest BCUT2D eigenvalue weighted by Crippen LogP contribution is -1.93. The van der Waals surface area contributed by atoms with E-state index in [0.29, 0.717) is 5.56 Å². The molecule has 0 bridgehead atoms. The van der Waals surface area contributed by atoms with Gasteiger partial charge in [0.1, 0.15) is 0 Å². The summed E-state index contributed by atoms with van der Waals surface area (Å²) in [6, 6.07) is 22.8. The number of benzene rings is 3. The molecule has 138 valence electrons. The van der Waals surface area contributed by atoms with Gasteiger partial charge in [-0.2, -0.15) is 5.26 Å². The van der Waals surface area contributed by atoms with Crippen LogP contribution in [-0.4, -0.2) is 4.57 Å². The van der Waals surface area contributed by atoms with Gasteiger partial charge in [0, 0.05) is 28.5 Å². The molecule has 0 saturated heterocycles. The van der Waals surface area contributed by atoms with Crippen LogP contribution in [0, 0.1) is 18.3 Å². The van der Waals surface area contributed by atoms with E-state index < -0.39 is 0 Å². The van der Waals surface area contributed by atoms with Gasteiger partial charge in [0.2, 0.25) is 0 Å². The van der Waals surface area contributed by atoms with Crippen LogP contribution in [0.3, 0.4) is 0 Å². The molecule has 0 radical (unpaired) electrons. The van der Waals surface area contributed by atoms with Crippen LogP contribution in [0.15, 0.2) is 66.9 Å². The highest BCUT2D eigenvalue weighted by molar-refractivity contribution is 5.99. The highest BCUT2D eigenvalue weighted by atomic mass is 15.0. The number of hydrogen-bond donors (Lipinski definition) is 1. The summed E-state index contributed by atoms with van der Waals surface area (Å²) in [4.78, 5) is 0. The second-order valence-electron chi connectivity index (χ2n) is 7.19. The normalized spacial score (nSPS) is 10.9. The van der Waals surface area contributed by atoms with Crippen molar-refractivity contribution < 1.29 is 0 Å². The number of hydrogen-bond acceptors (Lipinski definition) is 2. The van der Waals surface area contributed by atoms with E-state index in [-0.39, 0.29) is 0 Å². The molecule has 0 amide bonds. The summed E-state index contributed by atoms with van der Waals surface area (Å²) < 4.78 is 2.20. The zero-order valence-electron chi connectivity index (χ0n) is 16.2. The molecule has 3 aromatic carbocycles. The molecule has 3 nitrogen and oxygen atoms in total. The predicted molar refractivity (Wildman–Crippen MR) is 117 cm³/mol. The fourth-order valence-electron chi connectivity index (χ4n) is 3.79. The molecule has 1 aromatic heterocycles. The van der Waals surface area contributed by atoms with Crippen molar-refractivity contribution in [2.75, 3.05) is 5.73 Å². The van der Waals surface area contributed by atoms with Gasteiger partial charge in [-0.05, 0) is 66.4 Å². The topological polar surface area (TPSA) is 54.7 Å². The van der Waals surface area contributed by atoms with E-state index in [4.69, 9.17) is 5.73 Å². The third-order valence-corrected chi connectivity index (χ3v) is 5.35. The maximum absolute atomic E-state index is 9.39. The van der Waals surface area contributed by atoms with Crippen LogP contribution >= 0.6 is 0 Å². The minimum absolute atomic E-state index is 0.659. The van der Waals surface area contributed by atoms with Gasteiger partial charge >= 0.3 is 0 Å². The largest absolute Gasteiger partial charge is 0.398 e. The van der Waals surface area contributed by atoms with Crippen molar-refractivity contribution in [1.82, 2.24) is 4.57 Å². The van der Waals surface area contributed by atoms with E-state index in [1.165, 1.54) is 5.56 Å². The van der Waals surface area contributed by atoms with Crippen molar-refractivity contribution in [3.63, 3.8) is 0 Å². The van der Waals surface area contributed by atoms with Crippen molar-refractivity contribution in [2.45, 2.75) is 26.7 Å². The van der Waals surface area contributed by atoms with Gasteiger partial charge < -0.3 is 10.3 Å². The van der Waals surface area contributed by atoms with Crippen LogP contribution < -0.4 is 5.73 Å². The fraction of sp³-hybridized carbons (Fsp3) is 0.160. The van der Waals surface area contributed by atoms with Gasteiger partial charge in [-0.1, -0.05) is 37.6 Å². The van der Waals surface area contributed by atoms with Gasteiger partial charge in [-0.25, -0.2) is 0 Å². The standard InChI is InChI=1S/C25H23N3/c1-3-5-18-8-11-20(12-9-18)28-16-23(21-6-4-7-24(27)17(21)2)22-14-19(15-26)10-13-25(22)28/h4,6-14,16H,3,5,27H2,1-2H3. The lowest BCUT2D eigenvalue weighted by molar-refractivity contribution is 0.920. The van der Waals surface area contributed by atoms with Gasteiger partial charge in [-0.3, -0.25) is 0 Å². The Bertz CT molecular complexity index is 1190. The molecule has 0 saturated carbocycles. The molecule has 0 aliphatic heterocycles. The molecule has 1 heterocycles. The first-order valence-corrected chi connectivity index (χ1v) is 9.62. The molecule has 4 aromatic rings. The Balaban J connectivity index is 1.96. The second kappa shape index (κ2) is 7.25. The summed E-state index contributed by atoms with van der Waals surface area (Å²) in [5, 5.41) is 10.4. The Morgan fingerprint density at radius 2 is 1.79 bits per heavy atom. The number of rotatable bonds is 4. The molecular weight excluding hydrogens is 342 g/mol. The summed E-state index contributed by atoms with van der Waals surface area (Å²) in [7, 11) is 0. The number of nitrogens with two attached hydrogens (primary N) is 1. The first kappa shape index (κ1) is 17.9. The maximum Gasteiger partial charge on any atom is 0.0991 e.